The molecule has 2 heterocycles. The maximum absolute atomic E-state index is 9.12. The average molecular weight is 274 g/mol. The number of nitrogens with zero attached hydrogens (tertiary/aromatic N) is 4. The Kier molecular flexibility index (Phi) is 3.31. The minimum absolute atomic E-state index is 0.0367. The quantitative estimate of drug-likeness (QED) is 0.909. The Bertz CT molecular complexity index is 611. The van der Waals surface area contributed by atoms with Crippen LogP contribution in [0.1, 0.15) is 17.8 Å². The van der Waals surface area contributed by atoms with Gasteiger partial charge < -0.3 is 14.7 Å². The van der Waals surface area contributed by atoms with Gasteiger partial charge in [-0.05, 0) is 19.1 Å². The average Bonchev–Trinajstić information content (AvgIpc) is 2.80. The highest BCUT2D eigenvalue weighted by molar-refractivity contribution is 5.59. The standard InChI is InChI=1S/C14H18N4O2/c1-10-15-14(18(16-10)7-8-19)13-9-17(2)11-5-3-4-6-12(11)20-13/h3-6,13,19H,7-9H2,1-2H3. The minimum Gasteiger partial charge on any atom is -0.478 e. The van der Waals surface area contributed by atoms with Gasteiger partial charge in [-0.2, -0.15) is 5.10 Å². The fourth-order valence-electron chi connectivity index (χ4n) is 2.51. The minimum atomic E-state index is -0.178. The third-order valence-electron chi connectivity index (χ3n) is 3.39. The summed E-state index contributed by atoms with van der Waals surface area (Å²) < 4.78 is 7.77. The highest BCUT2D eigenvalue weighted by atomic mass is 16.5. The third-order valence-corrected chi connectivity index (χ3v) is 3.39. The Hall–Kier alpha value is -2.08. The Balaban J connectivity index is 1.93. The summed E-state index contributed by atoms with van der Waals surface area (Å²) in [6, 6.07) is 7.95. The zero-order valence-electron chi connectivity index (χ0n) is 11.7. The van der Waals surface area contributed by atoms with E-state index in [1.165, 1.54) is 0 Å². The lowest BCUT2D eigenvalue weighted by Gasteiger charge is -2.33. The lowest BCUT2D eigenvalue weighted by atomic mass is 10.2. The second-order valence-corrected chi connectivity index (χ2v) is 4.92. The SMILES string of the molecule is Cc1nc(C2CN(C)c3ccccc3O2)n(CCO)n1. The second kappa shape index (κ2) is 5.13. The summed E-state index contributed by atoms with van der Waals surface area (Å²) in [4.78, 5) is 6.60. The molecule has 0 amide bonds. The van der Waals surface area contributed by atoms with E-state index in [2.05, 4.69) is 15.0 Å². The number of aliphatic hydroxyl groups is 1. The molecule has 6 nitrogen and oxygen atoms in total. The van der Waals surface area contributed by atoms with Crippen LogP contribution in [0.25, 0.3) is 0 Å². The molecule has 1 aromatic carbocycles. The molecule has 1 aromatic heterocycles. The van der Waals surface area contributed by atoms with E-state index in [9.17, 15) is 0 Å². The molecule has 1 unspecified atom stereocenters. The Morgan fingerprint density at radius 2 is 2.20 bits per heavy atom. The van der Waals surface area contributed by atoms with E-state index in [0.29, 0.717) is 18.9 Å². The smallest absolute Gasteiger partial charge is 0.175 e. The second-order valence-electron chi connectivity index (χ2n) is 4.92. The van der Waals surface area contributed by atoms with Crippen molar-refractivity contribution in [1.82, 2.24) is 14.8 Å². The first-order valence-electron chi connectivity index (χ1n) is 6.68. The zero-order valence-corrected chi connectivity index (χ0v) is 11.7. The molecular formula is C14H18N4O2. The molecule has 0 saturated heterocycles. The number of para-hydroxylation sites is 2. The van der Waals surface area contributed by atoms with E-state index in [4.69, 9.17) is 9.84 Å². The van der Waals surface area contributed by atoms with Crippen LogP contribution in [0.15, 0.2) is 24.3 Å². The molecular weight excluding hydrogens is 256 g/mol. The van der Waals surface area contributed by atoms with Gasteiger partial charge in [-0.25, -0.2) is 9.67 Å². The van der Waals surface area contributed by atoms with Gasteiger partial charge in [-0.3, -0.25) is 0 Å². The summed E-state index contributed by atoms with van der Waals surface area (Å²) in [6.45, 7) is 3.02. The van der Waals surface area contributed by atoms with E-state index in [-0.39, 0.29) is 12.7 Å². The van der Waals surface area contributed by atoms with Crippen molar-refractivity contribution in [3.8, 4) is 5.75 Å². The highest BCUT2D eigenvalue weighted by Crippen LogP contribution is 2.36. The van der Waals surface area contributed by atoms with E-state index in [1.807, 2.05) is 38.2 Å². The van der Waals surface area contributed by atoms with Gasteiger partial charge in [-0.15, -0.1) is 0 Å². The van der Waals surface area contributed by atoms with Crippen LogP contribution in [0.3, 0.4) is 0 Å². The molecule has 0 aliphatic carbocycles. The monoisotopic (exact) mass is 274 g/mol. The van der Waals surface area contributed by atoms with Crippen LogP contribution in [0.5, 0.6) is 5.75 Å². The Morgan fingerprint density at radius 3 is 3.00 bits per heavy atom. The van der Waals surface area contributed by atoms with Crippen molar-refractivity contribution in [2.75, 3.05) is 25.1 Å². The van der Waals surface area contributed by atoms with E-state index >= 15 is 0 Å². The number of hydrogen-bond donors (Lipinski definition) is 1. The first-order valence-corrected chi connectivity index (χ1v) is 6.68. The van der Waals surface area contributed by atoms with Crippen LogP contribution in [0.2, 0.25) is 0 Å². The summed E-state index contributed by atoms with van der Waals surface area (Å²) in [6.07, 6.45) is -0.178. The molecule has 1 atom stereocenters. The third kappa shape index (κ3) is 2.22. The van der Waals surface area contributed by atoms with E-state index in [1.54, 1.807) is 4.68 Å². The van der Waals surface area contributed by atoms with Crippen molar-refractivity contribution in [2.24, 2.45) is 0 Å². The molecule has 3 rings (SSSR count). The van der Waals surface area contributed by atoms with Crippen molar-refractivity contribution < 1.29 is 9.84 Å². The van der Waals surface area contributed by atoms with Crippen molar-refractivity contribution in [3.05, 3.63) is 35.9 Å². The summed E-state index contributed by atoms with van der Waals surface area (Å²) in [5.41, 5.74) is 1.08. The number of fused-ring (bicyclic) bond motifs is 1. The molecule has 1 aliphatic rings. The predicted molar refractivity (Wildman–Crippen MR) is 74.9 cm³/mol. The van der Waals surface area contributed by atoms with Crippen LogP contribution in [0, 0.1) is 6.92 Å². The van der Waals surface area contributed by atoms with Gasteiger partial charge in [0, 0.05) is 7.05 Å². The fraction of sp³-hybridized carbons (Fsp3) is 0.429. The highest BCUT2D eigenvalue weighted by Gasteiger charge is 2.28. The van der Waals surface area contributed by atoms with Crippen molar-refractivity contribution in [1.29, 1.82) is 0 Å². The van der Waals surface area contributed by atoms with Crippen molar-refractivity contribution in [3.63, 3.8) is 0 Å². The molecule has 1 N–H and O–H groups in total. The number of benzene rings is 1. The number of hydrogen-bond acceptors (Lipinski definition) is 5. The number of likely N-dealkylation sites (N-methyl/N-ethyl adjacent to an activating group) is 1. The van der Waals surface area contributed by atoms with Gasteiger partial charge >= 0.3 is 0 Å². The van der Waals surface area contributed by atoms with Gasteiger partial charge in [0.1, 0.15) is 11.6 Å². The molecule has 0 radical (unpaired) electrons. The number of anilines is 1. The fourth-order valence-corrected chi connectivity index (χ4v) is 2.51. The van der Waals surface area contributed by atoms with E-state index < -0.39 is 0 Å². The van der Waals surface area contributed by atoms with Crippen LogP contribution in [-0.4, -0.2) is 40.1 Å². The van der Waals surface area contributed by atoms with Gasteiger partial charge in [0.25, 0.3) is 0 Å². The van der Waals surface area contributed by atoms with Gasteiger partial charge in [0.05, 0.1) is 25.4 Å². The summed E-state index contributed by atoms with van der Waals surface area (Å²) in [5.74, 6) is 2.30. The maximum Gasteiger partial charge on any atom is 0.175 e. The number of aromatic nitrogens is 3. The number of ether oxygens (including phenoxy) is 1. The first-order chi connectivity index (χ1) is 9.69. The summed E-state index contributed by atoms with van der Waals surface area (Å²) in [7, 11) is 2.04. The first kappa shape index (κ1) is 12.9. The lowest BCUT2D eigenvalue weighted by Crippen LogP contribution is -2.34. The number of aliphatic hydroxyl groups excluding tert-OH is 1. The molecule has 2 aromatic rings. The summed E-state index contributed by atoms with van der Waals surface area (Å²) in [5, 5.41) is 13.4. The lowest BCUT2D eigenvalue weighted by molar-refractivity contribution is 0.178. The van der Waals surface area contributed by atoms with Crippen LogP contribution in [-0.2, 0) is 6.54 Å². The molecule has 0 bridgehead atoms. The van der Waals surface area contributed by atoms with E-state index in [0.717, 1.165) is 17.3 Å². The Morgan fingerprint density at radius 1 is 1.40 bits per heavy atom. The molecule has 106 valence electrons. The van der Waals surface area contributed by atoms with Gasteiger partial charge in [0.2, 0.25) is 0 Å². The van der Waals surface area contributed by atoms with Gasteiger partial charge in [-0.1, -0.05) is 12.1 Å². The normalized spacial score (nSPS) is 17.8. The largest absolute Gasteiger partial charge is 0.478 e. The maximum atomic E-state index is 9.12. The van der Waals surface area contributed by atoms with Crippen LogP contribution in [0.4, 0.5) is 5.69 Å². The predicted octanol–water partition coefficient (Wildman–Crippen LogP) is 1.15. The number of aryl methyl sites for hydroxylation is 1. The molecule has 0 fully saturated rings. The van der Waals surface area contributed by atoms with Crippen molar-refractivity contribution >= 4 is 5.69 Å². The molecule has 1 aliphatic heterocycles. The molecule has 6 heteroatoms. The zero-order chi connectivity index (χ0) is 14.1. The van der Waals surface area contributed by atoms with Gasteiger partial charge in [0.15, 0.2) is 11.9 Å². The number of rotatable bonds is 3. The van der Waals surface area contributed by atoms with Crippen molar-refractivity contribution in [2.45, 2.75) is 19.6 Å². The molecule has 0 spiro atoms. The molecule has 0 saturated carbocycles. The Labute approximate surface area is 117 Å². The van der Waals surface area contributed by atoms with Crippen LogP contribution < -0.4 is 9.64 Å². The molecule has 20 heavy (non-hydrogen) atoms. The summed E-state index contributed by atoms with van der Waals surface area (Å²) >= 11 is 0. The topological polar surface area (TPSA) is 63.4 Å². The van der Waals surface area contributed by atoms with Crippen LogP contribution >= 0.6 is 0 Å².